The lowest BCUT2D eigenvalue weighted by Gasteiger charge is -2.26. The van der Waals surface area contributed by atoms with Crippen molar-refractivity contribution in [3.63, 3.8) is 0 Å². The molecule has 0 heterocycles. The fraction of sp³-hybridized carbons (Fsp3) is 0.533. The minimum Gasteiger partial charge on any atom is -0.487 e. The zero-order valence-electron chi connectivity index (χ0n) is 11.1. The van der Waals surface area contributed by atoms with Gasteiger partial charge >= 0.3 is 5.97 Å². The lowest BCUT2D eigenvalue weighted by atomic mass is 9.97. The van der Waals surface area contributed by atoms with Crippen LogP contribution in [0.2, 0.25) is 0 Å². The standard InChI is InChI=1S/C15H18FNO3/c16-12-3-1-2-4-13(12)20-11-7-8-15(9-11,14(18)19)17-10-5-6-10/h1-4,10-11,17H,5-9H2,(H,18,19). The molecule has 1 aromatic carbocycles. The summed E-state index contributed by atoms with van der Waals surface area (Å²) >= 11 is 0. The molecule has 2 saturated carbocycles. The summed E-state index contributed by atoms with van der Waals surface area (Å²) in [5.41, 5.74) is -0.906. The Kier molecular flexibility index (Phi) is 3.38. The number of nitrogens with one attached hydrogen (secondary N) is 1. The van der Waals surface area contributed by atoms with Crippen molar-refractivity contribution in [2.24, 2.45) is 0 Å². The maximum Gasteiger partial charge on any atom is 0.324 e. The molecule has 2 atom stereocenters. The van der Waals surface area contributed by atoms with Crippen molar-refractivity contribution in [1.29, 1.82) is 0 Å². The Balaban J connectivity index is 1.68. The van der Waals surface area contributed by atoms with E-state index in [0.717, 1.165) is 12.8 Å². The molecule has 20 heavy (non-hydrogen) atoms. The largest absolute Gasteiger partial charge is 0.487 e. The highest BCUT2D eigenvalue weighted by Gasteiger charge is 2.49. The van der Waals surface area contributed by atoms with Gasteiger partial charge in [-0.15, -0.1) is 0 Å². The number of hydrogen-bond acceptors (Lipinski definition) is 3. The van der Waals surface area contributed by atoms with Crippen LogP contribution in [-0.2, 0) is 4.79 Å². The summed E-state index contributed by atoms with van der Waals surface area (Å²) in [4.78, 5) is 11.6. The average molecular weight is 279 g/mol. The Labute approximate surface area is 116 Å². The molecule has 2 unspecified atom stereocenters. The van der Waals surface area contributed by atoms with E-state index in [0.29, 0.717) is 25.3 Å². The first-order chi connectivity index (χ1) is 9.59. The van der Waals surface area contributed by atoms with Gasteiger partial charge in [-0.2, -0.15) is 0 Å². The summed E-state index contributed by atoms with van der Waals surface area (Å²) in [5, 5.41) is 12.7. The van der Waals surface area contributed by atoms with Gasteiger partial charge in [0.05, 0.1) is 0 Å². The van der Waals surface area contributed by atoms with Gasteiger partial charge in [0, 0.05) is 12.5 Å². The molecule has 1 aromatic rings. The zero-order chi connectivity index (χ0) is 14.2. The van der Waals surface area contributed by atoms with Crippen LogP contribution in [0.1, 0.15) is 32.1 Å². The molecule has 4 nitrogen and oxygen atoms in total. The number of benzene rings is 1. The Hall–Kier alpha value is -1.62. The van der Waals surface area contributed by atoms with Gasteiger partial charge in [0.15, 0.2) is 11.6 Å². The third kappa shape index (κ3) is 2.63. The molecule has 0 saturated heterocycles. The number of carboxylic acid groups (broad SMARTS) is 1. The second kappa shape index (κ2) is 5.05. The summed E-state index contributed by atoms with van der Waals surface area (Å²) in [6.07, 6.45) is 3.35. The maximum absolute atomic E-state index is 13.6. The molecule has 2 aliphatic carbocycles. The van der Waals surface area contributed by atoms with Crippen molar-refractivity contribution >= 4 is 5.97 Å². The SMILES string of the molecule is O=C(O)C1(NC2CC2)CCC(Oc2ccccc2F)C1. The topological polar surface area (TPSA) is 58.6 Å². The van der Waals surface area contributed by atoms with Gasteiger partial charge in [-0.05, 0) is 37.8 Å². The van der Waals surface area contributed by atoms with Crippen LogP contribution in [0.5, 0.6) is 5.75 Å². The van der Waals surface area contributed by atoms with E-state index in [1.807, 2.05) is 0 Å². The van der Waals surface area contributed by atoms with E-state index in [9.17, 15) is 14.3 Å². The Bertz CT molecular complexity index is 518. The van der Waals surface area contributed by atoms with Crippen LogP contribution in [0.4, 0.5) is 4.39 Å². The lowest BCUT2D eigenvalue weighted by Crippen LogP contribution is -2.51. The summed E-state index contributed by atoms with van der Waals surface area (Å²) in [5.74, 6) is -1.04. The maximum atomic E-state index is 13.6. The monoisotopic (exact) mass is 279 g/mol. The predicted molar refractivity (Wildman–Crippen MR) is 71.2 cm³/mol. The van der Waals surface area contributed by atoms with Crippen LogP contribution in [0.25, 0.3) is 0 Å². The van der Waals surface area contributed by atoms with Crippen molar-refractivity contribution in [2.45, 2.75) is 49.8 Å². The van der Waals surface area contributed by atoms with Gasteiger partial charge < -0.3 is 9.84 Å². The van der Waals surface area contributed by atoms with Crippen molar-refractivity contribution < 1.29 is 19.0 Å². The van der Waals surface area contributed by atoms with Gasteiger partial charge in [-0.25, -0.2) is 4.39 Å². The number of para-hydroxylation sites is 1. The number of ether oxygens (including phenoxy) is 1. The number of carbonyl (C=O) groups is 1. The summed E-state index contributed by atoms with van der Waals surface area (Å²) in [6.45, 7) is 0. The quantitative estimate of drug-likeness (QED) is 0.868. The Morgan fingerprint density at radius 3 is 2.75 bits per heavy atom. The molecule has 0 bridgehead atoms. The van der Waals surface area contributed by atoms with Crippen LogP contribution in [-0.4, -0.2) is 28.8 Å². The van der Waals surface area contributed by atoms with Gasteiger partial charge in [-0.1, -0.05) is 12.1 Å². The first kappa shape index (κ1) is 13.4. The Morgan fingerprint density at radius 2 is 2.10 bits per heavy atom. The number of rotatable bonds is 5. The molecule has 0 radical (unpaired) electrons. The molecule has 2 aliphatic rings. The number of aliphatic carboxylic acids is 1. The van der Waals surface area contributed by atoms with Gasteiger partial charge in [0.25, 0.3) is 0 Å². The van der Waals surface area contributed by atoms with Crippen molar-refractivity contribution in [1.82, 2.24) is 5.32 Å². The van der Waals surface area contributed by atoms with Crippen LogP contribution in [0.15, 0.2) is 24.3 Å². The fourth-order valence-corrected chi connectivity index (χ4v) is 2.83. The lowest BCUT2D eigenvalue weighted by molar-refractivity contribution is -0.145. The summed E-state index contributed by atoms with van der Waals surface area (Å²) in [6, 6.07) is 6.55. The molecule has 0 spiro atoms. The van der Waals surface area contributed by atoms with Crippen molar-refractivity contribution in [3.05, 3.63) is 30.1 Å². The van der Waals surface area contributed by atoms with Gasteiger partial charge in [-0.3, -0.25) is 10.1 Å². The third-order valence-corrected chi connectivity index (χ3v) is 4.07. The highest BCUT2D eigenvalue weighted by Crippen LogP contribution is 2.36. The molecular formula is C15H18FNO3. The molecule has 0 aliphatic heterocycles. The third-order valence-electron chi connectivity index (χ3n) is 4.07. The summed E-state index contributed by atoms with van der Waals surface area (Å²) < 4.78 is 19.2. The molecule has 2 N–H and O–H groups in total. The van der Waals surface area contributed by atoms with E-state index < -0.39 is 17.3 Å². The van der Waals surface area contributed by atoms with E-state index in [2.05, 4.69) is 5.32 Å². The zero-order valence-corrected chi connectivity index (χ0v) is 11.1. The smallest absolute Gasteiger partial charge is 0.324 e. The first-order valence-electron chi connectivity index (χ1n) is 7.01. The molecule has 0 amide bonds. The van der Waals surface area contributed by atoms with Crippen LogP contribution in [0.3, 0.4) is 0 Å². The van der Waals surface area contributed by atoms with Crippen molar-refractivity contribution in [3.8, 4) is 5.75 Å². The van der Waals surface area contributed by atoms with Crippen LogP contribution >= 0.6 is 0 Å². The van der Waals surface area contributed by atoms with E-state index in [1.165, 1.54) is 6.07 Å². The predicted octanol–water partition coefficient (Wildman–Crippen LogP) is 2.33. The second-order valence-corrected chi connectivity index (χ2v) is 5.72. The molecule has 0 aromatic heterocycles. The van der Waals surface area contributed by atoms with Crippen molar-refractivity contribution in [2.75, 3.05) is 0 Å². The van der Waals surface area contributed by atoms with Crippen LogP contribution < -0.4 is 10.1 Å². The summed E-state index contributed by atoms with van der Waals surface area (Å²) in [7, 11) is 0. The highest BCUT2D eigenvalue weighted by molar-refractivity contribution is 5.79. The molecule has 108 valence electrons. The molecule has 2 fully saturated rings. The van der Waals surface area contributed by atoms with E-state index in [4.69, 9.17) is 4.74 Å². The fourth-order valence-electron chi connectivity index (χ4n) is 2.83. The number of carboxylic acids is 1. The van der Waals surface area contributed by atoms with Gasteiger partial charge in [0.2, 0.25) is 0 Å². The molecule has 5 heteroatoms. The minimum absolute atomic E-state index is 0.199. The normalized spacial score (nSPS) is 29.4. The highest BCUT2D eigenvalue weighted by atomic mass is 19.1. The minimum atomic E-state index is -0.906. The Morgan fingerprint density at radius 1 is 1.35 bits per heavy atom. The first-order valence-corrected chi connectivity index (χ1v) is 7.01. The van der Waals surface area contributed by atoms with E-state index in [-0.39, 0.29) is 11.9 Å². The molecular weight excluding hydrogens is 261 g/mol. The van der Waals surface area contributed by atoms with Crippen LogP contribution in [0, 0.1) is 5.82 Å². The van der Waals surface area contributed by atoms with Gasteiger partial charge in [0.1, 0.15) is 11.6 Å². The number of halogens is 1. The second-order valence-electron chi connectivity index (χ2n) is 5.72. The average Bonchev–Trinajstić information content (AvgIpc) is 3.12. The van der Waals surface area contributed by atoms with E-state index in [1.54, 1.807) is 18.2 Å². The number of hydrogen-bond donors (Lipinski definition) is 2. The van der Waals surface area contributed by atoms with E-state index >= 15 is 0 Å². The molecule has 3 rings (SSSR count).